The van der Waals surface area contributed by atoms with Crippen LogP contribution in [0.2, 0.25) is 0 Å². The summed E-state index contributed by atoms with van der Waals surface area (Å²) in [6.07, 6.45) is 4.86. The Balaban J connectivity index is 2.19. The number of fused-ring (bicyclic) bond motifs is 3. The molecule has 0 fully saturated rings. The van der Waals surface area contributed by atoms with E-state index in [2.05, 4.69) is 12.2 Å². The minimum atomic E-state index is -0.0732. The van der Waals surface area contributed by atoms with Crippen molar-refractivity contribution in [3.05, 3.63) is 16.3 Å². The van der Waals surface area contributed by atoms with Gasteiger partial charge < -0.3 is 10.1 Å². The molecule has 1 aliphatic carbocycles. The third-order valence-corrected chi connectivity index (χ3v) is 5.08. The van der Waals surface area contributed by atoms with Crippen molar-refractivity contribution in [2.45, 2.75) is 45.6 Å². The lowest BCUT2D eigenvalue weighted by atomic mass is 9.97. The Morgan fingerprint density at radius 1 is 1.30 bits per heavy atom. The summed E-state index contributed by atoms with van der Waals surface area (Å²) in [4.78, 5) is 12.1. The summed E-state index contributed by atoms with van der Waals surface area (Å²) in [5, 5.41) is 4.65. The van der Waals surface area contributed by atoms with Gasteiger partial charge in [-0.15, -0.1) is 11.3 Å². The maximum atomic E-state index is 5.37. The molecule has 0 saturated carbocycles. The summed E-state index contributed by atoms with van der Waals surface area (Å²) >= 11 is 1.84. The lowest BCUT2D eigenvalue weighted by molar-refractivity contribution is 0.112. The summed E-state index contributed by atoms with van der Waals surface area (Å²) in [5.74, 6) is 1.75. The molecule has 2 aromatic rings. The van der Waals surface area contributed by atoms with Crippen molar-refractivity contribution in [3.8, 4) is 0 Å². The summed E-state index contributed by atoms with van der Waals surface area (Å²) in [6.45, 7) is 4.97. The molecule has 0 radical (unpaired) electrons. The van der Waals surface area contributed by atoms with Crippen molar-refractivity contribution in [2.75, 3.05) is 19.0 Å². The summed E-state index contributed by atoms with van der Waals surface area (Å²) in [7, 11) is 1.70. The van der Waals surface area contributed by atoms with Crippen LogP contribution in [0.1, 0.15) is 49.1 Å². The second-order valence-electron chi connectivity index (χ2n) is 5.23. The van der Waals surface area contributed by atoms with Gasteiger partial charge in [0.15, 0.2) is 5.82 Å². The normalized spacial score (nSPS) is 16.1. The molecule has 0 amide bonds. The number of hydrogen-bond donors (Lipinski definition) is 1. The molecule has 1 aliphatic rings. The van der Waals surface area contributed by atoms with Gasteiger partial charge in [-0.05, 0) is 45.1 Å². The smallest absolute Gasteiger partial charge is 0.160 e. The number of ether oxygens (including phenoxy) is 1. The van der Waals surface area contributed by atoms with Crippen molar-refractivity contribution < 1.29 is 4.74 Å². The lowest BCUT2D eigenvalue weighted by Crippen LogP contribution is -2.08. The highest BCUT2D eigenvalue weighted by molar-refractivity contribution is 7.19. The zero-order valence-corrected chi connectivity index (χ0v) is 13.1. The Hall–Kier alpha value is -1.20. The first-order valence-electron chi connectivity index (χ1n) is 7.33. The van der Waals surface area contributed by atoms with Crippen molar-refractivity contribution in [1.29, 1.82) is 0 Å². The van der Waals surface area contributed by atoms with Crippen molar-refractivity contribution in [3.63, 3.8) is 0 Å². The lowest BCUT2D eigenvalue weighted by Gasteiger charge is -2.14. The van der Waals surface area contributed by atoms with E-state index >= 15 is 0 Å². The Morgan fingerprint density at radius 3 is 2.85 bits per heavy atom. The van der Waals surface area contributed by atoms with Crippen molar-refractivity contribution >= 4 is 27.4 Å². The van der Waals surface area contributed by atoms with Gasteiger partial charge in [0, 0.05) is 18.5 Å². The average molecular weight is 291 g/mol. The molecule has 108 valence electrons. The van der Waals surface area contributed by atoms with Crippen LogP contribution >= 0.6 is 11.3 Å². The Bertz CT molecular complexity index is 623. The molecule has 0 aromatic carbocycles. The van der Waals surface area contributed by atoms with Crippen molar-refractivity contribution in [1.82, 2.24) is 9.97 Å². The number of aryl methyl sites for hydroxylation is 2. The van der Waals surface area contributed by atoms with Gasteiger partial charge in [0.25, 0.3) is 0 Å². The van der Waals surface area contributed by atoms with Crippen LogP contribution in [-0.2, 0) is 17.6 Å². The Morgan fingerprint density at radius 2 is 2.10 bits per heavy atom. The van der Waals surface area contributed by atoms with E-state index in [0.717, 1.165) is 29.4 Å². The van der Waals surface area contributed by atoms with Crippen LogP contribution in [0, 0.1) is 0 Å². The maximum absolute atomic E-state index is 5.37. The van der Waals surface area contributed by atoms with E-state index in [4.69, 9.17) is 14.7 Å². The third kappa shape index (κ3) is 2.29. The number of thiophene rings is 1. The largest absolute Gasteiger partial charge is 0.374 e. The molecule has 0 bridgehead atoms. The van der Waals surface area contributed by atoms with Crippen LogP contribution < -0.4 is 5.32 Å². The fourth-order valence-corrected chi connectivity index (χ4v) is 4.02. The minimum absolute atomic E-state index is 0.0732. The number of hydrogen-bond acceptors (Lipinski definition) is 5. The molecule has 2 aromatic heterocycles. The predicted octanol–water partition coefficient (Wildman–Crippen LogP) is 3.71. The summed E-state index contributed by atoms with van der Waals surface area (Å²) in [6, 6.07) is 0. The minimum Gasteiger partial charge on any atom is -0.374 e. The molecule has 20 heavy (non-hydrogen) atoms. The van der Waals surface area contributed by atoms with Crippen LogP contribution in [0.3, 0.4) is 0 Å². The first-order chi connectivity index (χ1) is 9.74. The number of nitrogens with zero attached hydrogens (tertiary/aromatic N) is 2. The van der Waals surface area contributed by atoms with E-state index < -0.39 is 0 Å². The maximum Gasteiger partial charge on any atom is 0.160 e. The Kier molecular flexibility index (Phi) is 3.89. The van der Waals surface area contributed by atoms with E-state index in [1.165, 1.54) is 35.1 Å². The number of anilines is 1. The molecule has 0 saturated heterocycles. The quantitative estimate of drug-likeness (QED) is 0.933. The van der Waals surface area contributed by atoms with Gasteiger partial charge in [0.1, 0.15) is 16.8 Å². The van der Waals surface area contributed by atoms with E-state index in [9.17, 15) is 0 Å². The standard InChI is InChI=1S/C15H21N3OS/c1-4-16-14-12-10-7-5-6-8-11(10)20-15(12)18-13(17-14)9(2)19-3/h9H,4-8H2,1-3H3,(H,16,17,18). The molecular formula is C15H21N3OS. The zero-order valence-electron chi connectivity index (χ0n) is 12.3. The first kappa shape index (κ1) is 13.8. The van der Waals surface area contributed by atoms with Gasteiger partial charge >= 0.3 is 0 Å². The van der Waals surface area contributed by atoms with Crippen LogP contribution in [0.25, 0.3) is 10.2 Å². The third-order valence-electron chi connectivity index (χ3n) is 3.89. The second-order valence-corrected chi connectivity index (χ2v) is 6.31. The van der Waals surface area contributed by atoms with Crippen LogP contribution in [0.5, 0.6) is 0 Å². The van der Waals surface area contributed by atoms with Crippen molar-refractivity contribution in [2.24, 2.45) is 0 Å². The Labute approximate surface area is 123 Å². The number of rotatable bonds is 4. The van der Waals surface area contributed by atoms with Gasteiger partial charge in [-0.3, -0.25) is 0 Å². The van der Waals surface area contributed by atoms with Gasteiger partial charge in [0.05, 0.1) is 5.39 Å². The van der Waals surface area contributed by atoms with Gasteiger partial charge in [-0.1, -0.05) is 0 Å². The molecule has 2 heterocycles. The van der Waals surface area contributed by atoms with E-state index in [1.54, 1.807) is 7.11 Å². The highest BCUT2D eigenvalue weighted by atomic mass is 32.1. The van der Waals surface area contributed by atoms with E-state index in [0.29, 0.717) is 0 Å². The fraction of sp³-hybridized carbons (Fsp3) is 0.600. The zero-order chi connectivity index (χ0) is 14.1. The predicted molar refractivity (Wildman–Crippen MR) is 83.6 cm³/mol. The monoisotopic (exact) mass is 291 g/mol. The topological polar surface area (TPSA) is 47.0 Å². The molecule has 1 unspecified atom stereocenters. The SMILES string of the molecule is CCNc1nc(C(C)OC)nc2sc3c(c12)CCCC3. The second kappa shape index (κ2) is 5.66. The molecular weight excluding hydrogens is 270 g/mol. The highest BCUT2D eigenvalue weighted by Gasteiger charge is 2.22. The van der Waals surface area contributed by atoms with Gasteiger partial charge in [-0.25, -0.2) is 9.97 Å². The average Bonchev–Trinajstić information content (AvgIpc) is 2.85. The van der Waals surface area contributed by atoms with E-state index in [1.807, 2.05) is 18.3 Å². The summed E-state index contributed by atoms with van der Waals surface area (Å²) in [5.41, 5.74) is 1.48. The molecule has 5 heteroatoms. The van der Waals surface area contributed by atoms with Crippen LogP contribution in [-0.4, -0.2) is 23.6 Å². The fourth-order valence-electron chi connectivity index (χ4n) is 2.76. The molecule has 1 atom stereocenters. The van der Waals surface area contributed by atoms with Gasteiger partial charge in [-0.2, -0.15) is 0 Å². The number of nitrogens with one attached hydrogen (secondary N) is 1. The molecule has 4 nitrogen and oxygen atoms in total. The molecule has 0 spiro atoms. The summed E-state index contributed by atoms with van der Waals surface area (Å²) < 4.78 is 5.37. The number of methoxy groups -OCH3 is 1. The molecule has 0 aliphatic heterocycles. The molecule has 3 rings (SSSR count). The number of aromatic nitrogens is 2. The van der Waals surface area contributed by atoms with E-state index in [-0.39, 0.29) is 6.10 Å². The molecule has 1 N–H and O–H groups in total. The van der Waals surface area contributed by atoms with Gasteiger partial charge in [0.2, 0.25) is 0 Å². The van der Waals surface area contributed by atoms with Crippen LogP contribution in [0.4, 0.5) is 5.82 Å². The highest BCUT2D eigenvalue weighted by Crippen LogP contribution is 2.39. The first-order valence-corrected chi connectivity index (χ1v) is 8.15. The van der Waals surface area contributed by atoms with Crippen LogP contribution in [0.15, 0.2) is 0 Å².